The maximum Gasteiger partial charge on any atom is 0.323 e. The molecule has 6 heterocycles. The highest BCUT2D eigenvalue weighted by molar-refractivity contribution is 6.30. The lowest BCUT2D eigenvalue weighted by molar-refractivity contribution is -0.122. The van der Waals surface area contributed by atoms with Gasteiger partial charge in [0.05, 0.1) is 32.9 Å². The first kappa shape index (κ1) is 61.6. The van der Waals surface area contributed by atoms with Gasteiger partial charge < -0.3 is 36.4 Å². The van der Waals surface area contributed by atoms with Gasteiger partial charge in [0, 0.05) is 80.7 Å². The number of urea groups is 2. The number of benzene rings is 2. The van der Waals surface area contributed by atoms with E-state index in [1.165, 1.54) is 60.0 Å². The number of nitrogens with zero attached hydrogens (tertiary/aromatic N) is 6. The van der Waals surface area contributed by atoms with Crippen molar-refractivity contribution < 1.29 is 38.2 Å². The Balaban J connectivity index is 0.000000202. The van der Waals surface area contributed by atoms with E-state index in [9.17, 15) is 29.4 Å². The third-order valence-electron chi connectivity index (χ3n) is 16.6. The van der Waals surface area contributed by atoms with Crippen LogP contribution in [0.2, 0.25) is 10.0 Å². The number of nitrogens with one attached hydrogen (secondary N) is 4. The summed E-state index contributed by atoms with van der Waals surface area (Å²) in [6.45, 7) is 6.63. The molecule has 2 saturated carbocycles. The number of anilines is 3. The van der Waals surface area contributed by atoms with Crippen molar-refractivity contribution in [3.63, 3.8) is 0 Å². The molecule has 2 aromatic carbocycles. The number of pyridine rings is 4. The Morgan fingerprint density at radius 1 is 0.631 bits per heavy atom. The second-order valence-corrected chi connectivity index (χ2v) is 23.7. The minimum absolute atomic E-state index is 0.0216. The average molecular weight is 1190 g/mol. The van der Waals surface area contributed by atoms with Gasteiger partial charge in [-0.2, -0.15) is 0 Å². The number of rotatable bonds is 21. The standard InChI is InChI=1S/C33H39ClFN5O3.C30H34ClFN6O3/c1-3-38-33(12-10-22-4-5-22,26-11-13-36-21(2)14-26)25-6-8-28(35)24(16-25)17-30(42)29-15-23(20-41)19-40(29)32(43)39-31-9-7-27(34)18-37-31;1-18-12-22(9-11-34-18)30(33,10-8-19-2-3-19)21-4-6-24(32)25(14-21)36-28(40)26-13-20(17-39)16-38(26)29(41)37-27-7-5-23(31)15-35-27/h6-9,11,13-14,16,18,22-23,29,38,41H,3-5,10,12,15,17,19-20H2,1-2H3,(H,37,39,43);4-7,9,11-12,14-15,19-20,26,39H,2-3,8,10,13,16-17,33H2,1H3,(H,36,40)(H,35,37,41)/t23-,29-,33?;20-,26-,30?/m11/s1. The Labute approximate surface area is 498 Å². The SMILES string of the molecule is CCNC(CCC1CC1)(c1ccnc(C)c1)c1ccc(F)c(CC(=O)[C@H]2C[C@@H](CO)CN2C(=O)Nc2ccc(Cl)cn2)c1.Cc1cc(C(N)(CCC2CC2)c2ccc(F)c(NC(=O)[C@H]3C[C@@H](CO)CN3C(=O)Nc3ccc(Cl)cn3)c2)ccn1. The number of aromatic nitrogens is 4. The molecule has 4 aliphatic rings. The normalized spacial score (nSPS) is 19.8. The maximum absolute atomic E-state index is 15.4. The number of likely N-dealkylation sites (tertiary alicyclic amines) is 2. The third kappa shape index (κ3) is 15.1. The monoisotopic (exact) mass is 1190 g/mol. The number of nitrogens with two attached hydrogens (primary N) is 1. The molecule has 0 radical (unpaired) electrons. The number of aliphatic hydroxyl groups is 2. The lowest BCUT2D eigenvalue weighted by Crippen LogP contribution is -2.45. The molecule has 2 aliphatic heterocycles. The summed E-state index contributed by atoms with van der Waals surface area (Å²) in [5.41, 5.74) is 11.1. The van der Waals surface area contributed by atoms with Gasteiger partial charge in [0.25, 0.3) is 0 Å². The summed E-state index contributed by atoms with van der Waals surface area (Å²) >= 11 is 11.8. The second kappa shape index (κ2) is 27.4. The van der Waals surface area contributed by atoms with E-state index in [0.29, 0.717) is 52.6 Å². The Morgan fingerprint density at radius 3 is 1.69 bits per heavy atom. The molecule has 2 saturated heterocycles. The molecule has 84 heavy (non-hydrogen) atoms. The predicted octanol–water partition coefficient (Wildman–Crippen LogP) is 10.5. The fraction of sp³-hybridized carbons (Fsp3) is 0.429. The zero-order valence-corrected chi connectivity index (χ0v) is 49.0. The van der Waals surface area contributed by atoms with Gasteiger partial charge in [-0.25, -0.2) is 28.3 Å². The molecule has 4 fully saturated rings. The smallest absolute Gasteiger partial charge is 0.323 e. The lowest BCUT2D eigenvalue weighted by Gasteiger charge is -2.37. The van der Waals surface area contributed by atoms with E-state index in [2.05, 4.69) is 54.2 Å². The molecule has 8 N–H and O–H groups in total. The Hall–Kier alpha value is -7.00. The van der Waals surface area contributed by atoms with E-state index in [1.807, 2.05) is 38.1 Å². The molecule has 5 amide bonds. The van der Waals surface area contributed by atoms with Crippen molar-refractivity contribution in [3.8, 4) is 0 Å². The number of ketones is 1. The minimum Gasteiger partial charge on any atom is -0.396 e. The average Bonchev–Trinajstić information content (AvgIpc) is 3.29. The molecular formula is C63H73Cl2F2N11O6. The highest BCUT2D eigenvalue weighted by Crippen LogP contribution is 2.43. The fourth-order valence-corrected chi connectivity index (χ4v) is 11.8. The van der Waals surface area contributed by atoms with Crippen LogP contribution in [0.15, 0.2) is 110 Å². The quantitative estimate of drug-likeness (QED) is 0.0356. The van der Waals surface area contributed by atoms with Crippen molar-refractivity contribution in [3.05, 3.63) is 171 Å². The molecule has 10 rings (SSSR count). The van der Waals surface area contributed by atoms with Crippen molar-refractivity contribution >= 4 is 64.3 Å². The number of hydrogen-bond acceptors (Lipinski definition) is 12. The summed E-state index contributed by atoms with van der Waals surface area (Å²) in [5.74, 6) is -0.579. The number of amides is 5. The summed E-state index contributed by atoms with van der Waals surface area (Å²) in [4.78, 5) is 73.1. The van der Waals surface area contributed by atoms with E-state index in [-0.39, 0.29) is 73.8 Å². The molecule has 2 unspecified atom stereocenters. The fourth-order valence-electron chi connectivity index (χ4n) is 11.6. The van der Waals surface area contributed by atoms with E-state index >= 15 is 8.78 Å². The third-order valence-corrected chi connectivity index (χ3v) is 17.1. The van der Waals surface area contributed by atoms with Crippen LogP contribution in [0.4, 0.5) is 35.7 Å². The van der Waals surface area contributed by atoms with Gasteiger partial charge in [0.1, 0.15) is 29.3 Å². The number of aryl methyl sites for hydroxylation is 2. The first-order chi connectivity index (χ1) is 40.4. The summed E-state index contributed by atoms with van der Waals surface area (Å²) < 4.78 is 30.5. The van der Waals surface area contributed by atoms with Gasteiger partial charge in [-0.05, 0) is 165 Å². The zero-order chi connectivity index (χ0) is 59.7. The molecule has 21 heteroatoms. The number of Topliss-reactive ketones (excluding diaryl/α,β-unsaturated/α-hetero) is 1. The van der Waals surface area contributed by atoms with Gasteiger partial charge in [0.15, 0.2) is 5.78 Å². The second-order valence-electron chi connectivity index (χ2n) is 22.9. The van der Waals surface area contributed by atoms with Gasteiger partial charge in [-0.1, -0.05) is 74.0 Å². The Kier molecular flexibility index (Phi) is 20.1. The van der Waals surface area contributed by atoms with Crippen LogP contribution in [0, 0.1) is 49.2 Å². The topological polar surface area (TPSA) is 241 Å². The first-order valence-corrected chi connectivity index (χ1v) is 29.6. The minimum atomic E-state index is -0.928. The summed E-state index contributed by atoms with van der Waals surface area (Å²) in [7, 11) is 0. The maximum atomic E-state index is 15.4. The predicted molar refractivity (Wildman–Crippen MR) is 319 cm³/mol. The van der Waals surface area contributed by atoms with Crippen molar-refractivity contribution in [1.82, 2.24) is 35.1 Å². The summed E-state index contributed by atoms with van der Waals surface area (Å²) in [5, 5.41) is 32.2. The van der Waals surface area contributed by atoms with Crippen molar-refractivity contribution in [2.24, 2.45) is 29.4 Å². The van der Waals surface area contributed by atoms with Crippen LogP contribution >= 0.6 is 23.2 Å². The van der Waals surface area contributed by atoms with E-state index < -0.39 is 52.8 Å². The van der Waals surface area contributed by atoms with Crippen LogP contribution in [0.3, 0.4) is 0 Å². The Morgan fingerprint density at radius 2 is 1.14 bits per heavy atom. The van der Waals surface area contributed by atoms with Gasteiger partial charge >= 0.3 is 12.1 Å². The van der Waals surface area contributed by atoms with Gasteiger partial charge in [0.2, 0.25) is 5.91 Å². The van der Waals surface area contributed by atoms with E-state index in [4.69, 9.17) is 28.9 Å². The van der Waals surface area contributed by atoms with Crippen LogP contribution in [-0.2, 0) is 27.1 Å². The van der Waals surface area contributed by atoms with Gasteiger partial charge in [-0.15, -0.1) is 0 Å². The largest absolute Gasteiger partial charge is 0.396 e. The lowest BCUT2D eigenvalue weighted by atomic mass is 9.77. The number of carbonyl (C=O) groups is 4. The van der Waals surface area contributed by atoms with Crippen molar-refractivity contribution in [2.45, 2.75) is 115 Å². The van der Waals surface area contributed by atoms with E-state index in [1.54, 1.807) is 54.9 Å². The highest BCUT2D eigenvalue weighted by atomic mass is 35.5. The molecule has 0 spiro atoms. The van der Waals surface area contributed by atoms with Crippen LogP contribution in [0.5, 0.6) is 0 Å². The molecule has 0 bridgehead atoms. The van der Waals surface area contributed by atoms with Crippen LogP contribution in [-0.4, -0.2) is 109 Å². The first-order valence-electron chi connectivity index (χ1n) is 28.8. The molecule has 17 nitrogen and oxygen atoms in total. The summed E-state index contributed by atoms with van der Waals surface area (Å²) in [6, 6.07) is 21.0. The number of carbonyl (C=O) groups excluding carboxylic acids is 4. The zero-order valence-electron chi connectivity index (χ0n) is 47.5. The molecule has 4 aromatic heterocycles. The van der Waals surface area contributed by atoms with Crippen LogP contribution in [0.1, 0.15) is 110 Å². The number of hydrogen-bond donors (Lipinski definition) is 7. The van der Waals surface area contributed by atoms with E-state index in [0.717, 1.165) is 47.3 Å². The van der Waals surface area contributed by atoms with Crippen molar-refractivity contribution in [1.29, 1.82) is 0 Å². The number of halogens is 4. The molecule has 2 aliphatic carbocycles. The molecule has 6 atom stereocenters. The highest BCUT2D eigenvalue weighted by Gasteiger charge is 2.43. The number of aliphatic hydroxyl groups excluding tert-OH is 2. The Bertz CT molecular complexity index is 3300. The van der Waals surface area contributed by atoms with Crippen molar-refractivity contribution in [2.75, 3.05) is 48.8 Å². The van der Waals surface area contributed by atoms with Gasteiger partial charge in [-0.3, -0.25) is 30.2 Å². The molecule has 6 aromatic rings. The summed E-state index contributed by atoms with van der Waals surface area (Å²) in [6.07, 6.45) is 15.0. The van der Waals surface area contributed by atoms with Crippen LogP contribution < -0.4 is 27.0 Å². The molecule has 444 valence electrons. The molecular weight excluding hydrogens is 1120 g/mol. The van der Waals surface area contributed by atoms with Crippen LogP contribution in [0.25, 0.3) is 0 Å².